The number of hydrogen-bond donors (Lipinski definition) is 2. The zero-order chi connectivity index (χ0) is 7.61. The van der Waals surface area contributed by atoms with Gasteiger partial charge in [-0.25, -0.2) is 4.79 Å². The molecule has 0 aromatic heterocycles. The largest absolute Gasteiger partial charge is 0.336 e. The first-order chi connectivity index (χ1) is 4.81. The van der Waals surface area contributed by atoms with Gasteiger partial charge in [0.1, 0.15) is 0 Å². The van der Waals surface area contributed by atoms with Crippen molar-refractivity contribution < 1.29 is 4.79 Å². The minimum Gasteiger partial charge on any atom is -0.336 e. The molecule has 1 heterocycles. The van der Waals surface area contributed by atoms with Gasteiger partial charge in [-0.3, -0.25) is 0 Å². The molecule has 0 radical (unpaired) electrons. The summed E-state index contributed by atoms with van der Waals surface area (Å²) in [5.41, 5.74) is 0.205. The van der Waals surface area contributed by atoms with Crippen LogP contribution in [-0.4, -0.2) is 18.1 Å². The van der Waals surface area contributed by atoms with Gasteiger partial charge in [0.15, 0.2) is 0 Å². The highest BCUT2D eigenvalue weighted by molar-refractivity contribution is 5.78. The molecule has 0 atom stereocenters. The minimum atomic E-state index is 0.00231. The number of carbonyl (C=O) groups is 1. The van der Waals surface area contributed by atoms with E-state index in [1.165, 1.54) is 0 Å². The van der Waals surface area contributed by atoms with Gasteiger partial charge in [-0.05, 0) is 12.8 Å². The molecule has 58 valence electrons. The minimum absolute atomic E-state index is 0.00231. The van der Waals surface area contributed by atoms with Crippen molar-refractivity contribution in [3.8, 4) is 0 Å². The lowest BCUT2D eigenvalue weighted by atomic mass is 10.3. The van der Waals surface area contributed by atoms with Crippen LogP contribution in [0.15, 0.2) is 0 Å². The molecule has 3 heteroatoms. The van der Waals surface area contributed by atoms with Crippen molar-refractivity contribution in [3.05, 3.63) is 0 Å². The van der Waals surface area contributed by atoms with E-state index in [1.807, 2.05) is 13.8 Å². The molecule has 10 heavy (non-hydrogen) atoms. The Morgan fingerprint density at radius 1 is 1.40 bits per heavy atom. The molecule has 1 saturated heterocycles. The number of rotatable bonds is 0. The Kier molecular flexibility index (Phi) is 1.83. The molecule has 2 rings (SSSR count). The maximum Gasteiger partial charge on any atom is 0.315 e. The fourth-order valence-corrected chi connectivity index (χ4v) is 1.03. The molecule has 0 unspecified atom stereocenters. The van der Waals surface area contributed by atoms with E-state index in [1.54, 1.807) is 0 Å². The molecule has 3 nitrogen and oxygen atoms in total. The highest BCUT2D eigenvalue weighted by Gasteiger charge is 2.47. The van der Waals surface area contributed by atoms with Crippen LogP contribution in [0.25, 0.3) is 0 Å². The van der Waals surface area contributed by atoms with Gasteiger partial charge in [0.05, 0.1) is 5.54 Å². The van der Waals surface area contributed by atoms with Gasteiger partial charge in [-0.15, -0.1) is 0 Å². The van der Waals surface area contributed by atoms with Crippen molar-refractivity contribution >= 4 is 6.03 Å². The van der Waals surface area contributed by atoms with E-state index in [-0.39, 0.29) is 11.6 Å². The molecule has 1 aliphatic heterocycles. The Labute approximate surface area is 61.2 Å². The van der Waals surface area contributed by atoms with Gasteiger partial charge in [-0.2, -0.15) is 0 Å². The second-order valence-corrected chi connectivity index (χ2v) is 2.59. The Balaban J connectivity index is 0.000000231. The second-order valence-electron chi connectivity index (χ2n) is 2.59. The van der Waals surface area contributed by atoms with Crippen LogP contribution in [0.5, 0.6) is 0 Å². The Morgan fingerprint density at radius 2 is 2.00 bits per heavy atom. The second kappa shape index (κ2) is 2.48. The van der Waals surface area contributed by atoms with Crippen molar-refractivity contribution in [1.29, 1.82) is 0 Å². The number of amides is 2. The molecule has 1 saturated carbocycles. The van der Waals surface area contributed by atoms with Crippen LogP contribution >= 0.6 is 0 Å². The Morgan fingerprint density at radius 3 is 2.20 bits per heavy atom. The number of hydrogen-bond acceptors (Lipinski definition) is 1. The van der Waals surface area contributed by atoms with E-state index in [0.717, 1.165) is 19.4 Å². The normalized spacial score (nSPS) is 24.4. The maximum absolute atomic E-state index is 10.5. The molecule has 0 aromatic rings. The van der Waals surface area contributed by atoms with Crippen LogP contribution in [0.2, 0.25) is 0 Å². The maximum atomic E-state index is 10.5. The first-order valence-electron chi connectivity index (χ1n) is 3.87. The van der Waals surface area contributed by atoms with Crippen LogP contribution < -0.4 is 10.6 Å². The molecule has 1 spiro atoms. The average Bonchev–Trinajstić information content (AvgIpc) is 2.60. The van der Waals surface area contributed by atoms with Crippen molar-refractivity contribution in [3.63, 3.8) is 0 Å². The van der Waals surface area contributed by atoms with E-state index < -0.39 is 0 Å². The standard InChI is InChI=1S/C5H8N2O.C2H6/c8-4-6-3-5(7-4)1-2-5;1-2/h1-3H2,(H2,6,7,8);1-2H3. The van der Waals surface area contributed by atoms with Crippen molar-refractivity contribution in [2.45, 2.75) is 32.2 Å². The quantitative estimate of drug-likeness (QED) is 0.517. The third-order valence-corrected chi connectivity index (χ3v) is 1.82. The van der Waals surface area contributed by atoms with Gasteiger partial charge >= 0.3 is 6.03 Å². The molecule has 1 aliphatic carbocycles. The topological polar surface area (TPSA) is 41.1 Å². The summed E-state index contributed by atoms with van der Waals surface area (Å²) >= 11 is 0. The smallest absolute Gasteiger partial charge is 0.315 e. The lowest BCUT2D eigenvalue weighted by Gasteiger charge is -1.98. The van der Waals surface area contributed by atoms with E-state index in [0.29, 0.717) is 0 Å². The lowest BCUT2D eigenvalue weighted by molar-refractivity contribution is 0.247. The van der Waals surface area contributed by atoms with Gasteiger partial charge in [0.25, 0.3) is 0 Å². The summed E-state index contributed by atoms with van der Waals surface area (Å²) in [6.45, 7) is 4.84. The van der Waals surface area contributed by atoms with Gasteiger partial charge in [-0.1, -0.05) is 13.8 Å². The molecular weight excluding hydrogens is 128 g/mol. The molecule has 2 aliphatic rings. The van der Waals surface area contributed by atoms with Gasteiger partial charge in [0.2, 0.25) is 0 Å². The van der Waals surface area contributed by atoms with E-state index in [9.17, 15) is 4.79 Å². The third kappa shape index (κ3) is 1.23. The summed E-state index contributed by atoms with van der Waals surface area (Å²) in [6, 6.07) is 0.00231. The third-order valence-electron chi connectivity index (χ3n) is 1.82. The van der Waals surface area contributed by atoms with Gasteiger partial charge < -0.3 is 10.6 Å². The van der Waals surface area contributed by atoms with Crippen LogP contribution in [0.3, 0.4) is 0 Å². The monoisotopic (exact) mass is 142 g/mol. The first-order valence-corrected chi connectivity index (χ1v) is 3.87. The van der Waals surface area contributed by atoms with Crippen LogP contribution in [0.4, 0.5) is 4.79 Å². The zero-order valence-electron chi connectivity index (χ0n) is 6.53. The number of nitrogens with one attached hydrogen (secondary N) is 2. The summed E-state index contributed by atoms with van der Waals surface area (Å²) < 4.78 is 0. The first kappa shape index (κ1) is 7.38. The lowest BCUT2D eigenvalue weighted by Crippen LogP contribution is -2.27. The average molecular weight is 142 g/mol. The Hall–Kier alpha value is -0.730. The summed E-state index contributed by atoms with van der Waals surface area (Å²) in [4.78, 5) is 10.5. The van der Waals surface area contributed by atoms with Crippen molar-refractivity contribution in [2.24, 2.45) is 0 Å². The molecule has 2 fully saturated rings. The number of urea groups is 1. The van der Waals surface area contributed by atoms with Crippen LogP contribution in [0.1, 0.15) is 26.7 Å². The summed E-state index contributed by atoms with van der Waals surface area (Å²) in [6.07, 6.45) is 2.32. The predicted octanol–water partition coefficient (Wildman–Crippen LogP) is 0.858. The molecular formula is C7H14N2O. The fourth-order valence-electron chi connectivity index (χ4n) is 1.03. The molecule has 2 amide bonds. The predicted molar refractivity (Wildman–Crippen MR) is 39.8 cm³/mol. The van der Waals surface area contributed by atoms with Crippen LogP contribution in [0, 0.1) is 0 Å². The SMILES string of the molecule is CC.O=C1NCC2(CC2)N1. The van der Waals surface area contributed by atoms with Crippen molar-refractivity contribution in [2.75, 3.05) is 6.54 Å². The van der Waals surface area contributed by atoms with Crippen LogP contribution in [-0.2, 0) is 0 Å². The zero-order valence-corrected chi connectivity index (χ0v) is 6.53. The summed E-state index contributed by atoms with van der Waals surface area (Å²) in [5, 5.41) is 5.58. The Bertz CT molecular complexity index is 141. The van der Waals surface area contributed by atoms with Gasteiger partial charge in [0, 0.05) is 6.54 Å². The number of carbonyl (C=O) groups excluding carboxylic acids is 1. The van der Waals surface area contributed by atoms with Crippen molar-refractivity contribution in [1.82, 2.24) is 10.6 Å². The fraction of sp³-hybridized carbons (Fsp3) is 0.857. The highest BCUT2D eigenvalue weighted by Crippen LogP contribution is 2.36. The van der Waals surface area contributed by atoms with E-state index in [4.69, 9.17) is 0 Å². The molecule has 0 aromatic carbocycles. The summed E-state index contributed by atoms with van der Waals surface area (Å²) in [5.74, 6) is 0. The summed E-state index contributed by atoms with van der Waals surface area (Å²) in [7, 11) is 0. The van der Waals surface area contributed by atoms with E-state index in [2.05, 4.69) is 10.6 Å². The van der Waals surface area contributed by atoms with E-state index >= 15 is 0 Å². The molecule has 2 N–H and O–H groups in total. The molecule has 0 bridgehead atoms. The highest BCUT2D eigenvalue weighted by atomic mass is 16.2.